The lowest BCUT2D eigenvalue weighted by Gasteiger charge is -2.36. The Morgan fingerprint density at radius 1 is 1.03 bits per heavy atom. The van der Waals surface area contributed by atoms with Gasteiger partial charge in [-0.25, -0.2) is 18.4 Å². The van der Waals surface area contributed by atoms with Gasteiger partial charge in [0.1, 0.15) is 5.82 Å². The van der Waals surface area contributed by atoms with E-state index in [1.54, 1.807) is 25.3 Å². The molecule has 2 aliphatic heterocycles. The molecule has 3 aromatic heterocycles. The van der Waals surface area contributed by atoms with Gasteiger partial charge in [-0.2, -0.15) is 0 Å². The number of anilines is 1. The van der Waals surface area contributed by atoms with Gasteiger partial charge in [0, 0.05) is 48.6 Å². The molecule has 2 aliphatic rings. The Bertz CT molecular complexity index is 1670. The lowest BCUT2D eigenvalue weighted by Crippen LogP contribution is -2.52. The average molecular weight is 543 g/mol. The normalized spacial score (nSPS) is 18.9. The van der Waals surface area contributed by atoms with E-state index in [9.17, 15) is 13.2 Å². The minimum absolute atomic E-state index is 0.151. The number of amides is 1. The van der Waals surface area contributed by atoms with Crippen LogP contribution in [-0.2, 0) is 16.4 Å². The van der Waals surface area contributed by atoms with E-state index in [0.29, 0.717) is 23.3 Å². The summed E-state index contributed by atoms with van der Waals surface area (Å²) in [6.45, 7) is 3.87. The first-order chi connectivity index (χ1) is 18.8. The van der Waals surface area contributed by atoms with Crippen molar-refractivity contribution in [2.45, 2.75) is 43.3 Å². The fraction of sp³-hybridized carbons (Fsp3) is 0.310. The smallest absolute Gasteiger partial charge is 0.251 e. The maximum Gasteiger partial charge on any atom is 0.251 e. The molecule has 0 saturated carbocycles. The number of aromatic nitrogens is 3. The molecule has 9 nitrogen and oxygen atoms in total. The van der Waals surface area contributed by atoms with E-state index in [4.69, 9.17) is 9.97 Å². The summed E-state index contributed by atoms with van der Waals surface area (Å²) in [4.78, 5) is 29.7. The van der Waals surface area contributed by atoms with Gasteiger partial charge < -0.3 is 15.5 Å². The average Bonchev–Trinajstić information content (AvgIpc) is 3.18. The van der Waals surface area contributed by atoms with Gasteiger partial charge in [0.15, 0.2) is 9.84 Å². The topological polar surface area (TPSA) is 117 Å². The van der Waals surface area contributed by atoms with Gasteiger partial charge in [-0.05, 0) is 67.8 Å². The van der Waals surface area contributed by atoms with Gasteiger partial charge in [0.2, 0.25) is 0 Å². The number of piperazine rings is 1. The van der Waals surface area contributed by atoms with Gasteiger partial charge in [-0.3, -0.25) is 9.78 Å². The third-order valence-corrected chi connectivity index (χ3v) is 8.79. The van der Waals surface area contributed by atoms with Crippen LogP contribution in [0.4, 0.5) is 5.82 Å². The van der Waals surface area contributed by atoms with Crippen molar-refractivity contribution >= 4 is 32.5 Å². The first-order valence-electron chi connectivity index (χ1n) is 13.1. The van der Waals surface area contributed by atoms with Crippen molar-refractivity contribution in [3.63, 3.8) is 0 Å². The molecule has 2 saturated heterocycles. The molecular weight excluding hydrogens is 512 g/mol. The number of hydrogen-bond acceptors (Lipinski definition) is 8. The Labute approximate surface area is 227 Å². The molecule has 2 bridgehead atoms. The third-order valence-electron chi connectivity index (χ3n) is 7.55. The standard InChI is InChI=1S/C29H30N6O3S/c1-18-6-7-19(12-27(18)39(2,37)38)29(36)32-15-21-13-26-20(14-31-21)8-11-25(33-26)24-4-3-5-28(34-24)35-22-9-10-23(35)17-30-16-22/h3-8,11-14,22-23,30H,9-10,15-17H2,1-2H3,(H,32,36). The lowest BCUT2D eigenvalue weighted by molar-refractivity contribution is 0.0950. The van der Waals surface area contributed by atoms with Crippen LogP contribution in [0.1, 0.15) is 34.5 Å². The van der Waals surface area contributed by atoms with Gasteiger partial charge >= 0.3 is 0 Å². The van der Waals surface area contributed by atoms with Gasteiger partial charge in [0.25, 0.3) is 5.91 Å². The number of carbonyl (C=O) groups is 1. The molecule has 0 aliphatic carbocycles. The predicted molar refractivity (Wildman–Crippen MR) is 150 cm³/mol. The van der Waals surface area contributed by atoms with Crippen LogP contribution in [0.3, 0.4) is 0 Å². The summed E-state index contributed by atoms with van der Waals surface area (Å²) in [7, 11) is -3.43. The van der Waals surface area contributed by atoms with Crippen molar-refractivity contribution in [2.24, 2.45) is 0 Å². The van der Waals surface area contributed by atoms with E-state index in [1.807, 2.05) is 30.3 Å². The van der Waals surface area contributed by atoms with Crippen molar-refractivity contribution < 1.29 is 13.2 Å². The monoisotopic (exact) mass is 542 g/mol. The molecule has 10 heteroatoms. The number of sulfone groups is 1. The zero-order valence-electron chi connectivity index (χ0n) is 21.9. The molecule has 4 aromatic rings. The van der Waals surface area contributed by atoms with Crippen molar-refractivity contribution in [3.8, 4) is 11.4 Å². The molecule has 1 amide bonds. The number of carbonyl (C=O) groups excluding carboxylic acids is 1. The molecule has 0 radical (unpaired) electrons. The van der Waals surface area contributed by atoms with Crippen LogP contribution < -0.4 is 15.5 Å². The van der Waals surface area contributed by atoms with E-state index < -0.39 is 9.84 Å². The summed E-state index contributed by atoms with van der Waals surface area (Å²) in [5.41, 5.74) is 3.89. The number of aryl methyl sites for hydroxylation is 1. The Balaban J connectivity index is 1.21. The van der Waals surface area contributed by atoms with E-state index in [-0.39, 0.29) is 22.9 Å². The largest absolute Gasteiger partial charge is 0.348 e. The molecule has 39 heavy (non-hydrogen) atoms. The quantitative estimate of drug-likeness (QED) is 0.381. The maximum absolute atomic E-state index is 12.8. The van der Waals surface area contributed by atoms with Crippen LogP contribution in [0.2, 0.25) is 0 Å². The predicted octanol–water partition coefficient (Wildman–Crippen LogP) is 3.27. The van der Waals surface area contributed by atoms with Gasteiger partial charge in [0.05, 0.1) is 34.0 Å². The van der Waals surface area contributed by atoms with Crippen molar-refractivity contribution in [3.05, 3.63) is 77.6 Å². The summed E-state index contributed by atoms with van der Waals surface area (Å²) in [6, 6.07) is 17.5. The highest BCUT2D eigenvalue weighted by molar-refractivity contribution is 7.90. The van der Waals surface area contributed by atoms with Gasteiger partial charge in [-0.15, -0.1) is 0 Å². The summed E-state index contributed by atoms with van der Waals surface area (Å²) >= 11 is 0. The molecule has 2 fully saturated rings. The minimum atomic E-state index is -3.43. The van der Waals surface area contributed by atoms with Gasteiger partial charge in [-0.1, -0.05) is 12.1 Å². The Morgan fingerprint density at radius 3 is 2.56 bits per heavy atom. The molecular formula is C29H30N6O3S. The molecule has 2 unspecified atom stereocenters. The Morgan fingerprint density at radius 2 is 1.79 bits per heavy atom. The first-order valence-corrected chi connectivity index (χ1v) is 15.0. The zero-order valence-corrected chi connectivity index (χ0v) is 22.7. The van der Waals surface area contributed by atoms with E-state index in [1.165, 1.54) is 18.9 Å². The SMILES string of the molecule is Cc1ccc(C(=O)NCc2cc3nc(-c4cccc(N5C6CCC5CNC6)n4)ccc3cn2)cc1S(C)(=O)=O. The van der Waals surface area contributed by atoms with Crippen molar-refractivity contribution in [1.29, 1.82) is 0 Å². The number of nitrogens with one attached hydrogen (secondary N) is 2. The van der Waals surface area contributed by atoms with E-state index in [0.717, 1.165) is 47.5 Å². The first kappa shape index (κ1) is 25.4. The highest BCUT2D eigenvalue weighted by atomic mass is 32.2. The third kappa shape index (κ3) is 5.09. The highest BCUT2D eigenvalue weighted by Crippen LogP contribution is 2.32. The summed E-state index contributed by atoms with van der Waals surface area (Å²) < 4.78 is 24.1. The number of benzene rings is 1. The second-order valence-electron chi connectivity index (χ2n) is 10.3. The number of nitrogens with zero attached hydrogens (tertiary/aromatic N) is 4. The van der Waals surface area contributed by atoms with Crippen LogP contribution in [0, 0.1) is 6.92 Å². The van der Waals surface area contributed by atoms with E-state index in [2.05, 4.69) is 26.6 Å². The van der Waals surface area contributed by atoms with E-state index >= 15 is 0 Å². The molecule has 200 valence electrons. The summed E-state index contributed by atoms with van der Waals surface area (Å²) in [5, 5.41) is 7.24. The highest BCUT2D eigenvalue weighted by Gasteiger charge is 2.37. The minimum Gasteiger partial charge on any atom is -0.348 e. The number of hydrogen-bond donors (Lipinski definition) is 2. The second-order valence-corrected chi connectivity index (χ2v) is 12.3. The molecule has 0 spiro atoms. The maximum atomic E-state index is 12.8. The Kier molecular flexibility index (Phi) is 6.52. The summed E-state index contributed by atoms with van der Waals surface area (Å²) in [6.07, 6.45) is 5.25. The van der Waals surface area contributed by atoms with Crippen LogP contribution in [0.15, 0.2) is 65.7 Å². The number of pyridine rings is 3. The van der Waals surface area contributed by atoms with Crippen LogP contribution in [0.25, 0.3) is 22.3 Å². The molecule has 1 aromatic carbocycles. The number of rotatable bonds is 6. The van der Waals surface area contributed by atoms with Crippen molar-refractivity contribution in [1.82, 2.24) is 25.6 Å². The lowest BCUT2D eigenvalue weighted by atomic mass is 10.1. The number of fused-ring (bicyclic) bond motifs is 3. The second kappa shape index (κ2) is 10.0. The fourth-order valence-electron chi connectivity index (χ4n) is 5.57. The Hall–Kier alpha value is -3.89. The molecule has 2 atom stereocenters. The zero-order chi connectivity index (χ0) is 27.1. The van der Waals surface area contributed by atoms with Crippen LogP contribution in [0.5, 0.6) is 0 Å². The molecule has 6 rings (SSSR count). The van der Waals surface area contributed by atoms with Crippen LogP contribution in [-0.4, -0.2) is 60.7 Å². The molecule has 5 heterocycles. The van der Waals surface area contributed by atoms with Crippen molar-refractivity contribution in [2.75, 3.05) is 24.2 Å². The van der Waals surface area contributed by atoms with Crippen LogP contribution >= 0.6 is 0 Å². The fourth-order valence-corrected chi connectivity index (χ4v) is 6.57. The molecule has 2 N–H and O–H groups in total. The summed E-state index contributed by atoms with van der Waals surface area (Å²) in [5.74, 6) is 0.628.